The molecule has 2 N–H and O–H groups in total. The van der Waals surface area contributed by atoms with Crippen LogP contribution >= 0.6 is 15.9 Å². The molecule has 1 unspecified atom stereocenters. The van der Waals surface area contributed by atoms with Crippen molar-refractivity contribution in [3.8, 4) is 0 Å². The second-order valence-corrected chi connectivity index (χ2v) is 5.61. The lowest BCUT2D eigenvalue weighted by atomic mass is 10.1. The van der Waals surface area contributed by atoms with Crippen molar-refractivity contribution in [3.63, 3.8) is 0 Å². The number of hydrogen-bond donors (Lipinski definition) is 1. The van der Waals surface area contributed by atoms with Gasteiger partial charge in [0.1, 0.15) is 0 Å². The molecular formula is C13H17BrN2O. The van der Waals surface area contributed by atoms with Crippen molar-refractivity contribution in [1.29, 1.82) is 0 Å². The number of aryl methyl sites for hydroxylation is 1. The first-order chi connectivity index (χ1) is 8.06. The second kappa shape index (κ2) is 5.19. The van der Waals surface area contributed by atoms with Crippen molar-refractivity contribution in [3.05, 3.63) is 33.8 Å². The lowest BCUT2D eigenvalue weighted by molar-refractivity contribution is -0.121. The normalized spacial score (nSPS) is 20.7. The third-order valence-corrected chi connectivity index (χ3v) is 3.87. The molecule has 17 heavy (non-hydrogen) atoms. The Morgan fingerprint density at radius 1 is 1.59 bits per heavy atom. The molecule has 4 heteroatoms. The largest absolute Gasteiger partial charge is 0.369 e. The molecule has 1 atom stereocenters. The van der Waals surface area contributed by atoms with E-state index in [1.807, 2.05) is 0 Å². The third kappa shape index (κ3) is 3.07. The first-order valence-electron chi connectivity index (χ1n) is 5.83. The quantitative estimate of drug-likeness (QED) is 0.928. The summed E-state index contributed by atoms with van der Waals surface area (Å²) in [6.45, 7) is 4.78. The topological polar surface area (TPSA) is 46.3 Å². The van der Waals surface area contributed by atoms with Gasteiger partial charge in [0.2, 0.25) is 5.91 Å². The highest BCUT2D eigenvalue weighted by atomic mass is 79.9. The average Bonchev–Trinajstić information content (AvgIpc) is 2.71. The summed E-state index contributed by atoms with van der Waals surface area (Å²) in [6.07, 6.45) is 0.894. The van der Waals surface area contributed by atoms with Crippen LogP contribution in [0.2, 0.25) is 0 Å². The van der Waals surface area contributed by atoms with Crippen LogP contribution in [-0.2, 0) is 11.3 Å². The van der Waals surface area contributed by atoms with Crippen LogP contribution in [0.4, 0.5) is 0 Å². The van der Waals surface area contributed by atoms with Gasteiger partial charge in [0.05, 0.1) is 5.92 Å². The molecule has 1 aromatic carbocycles. The molecule has 0 aliphatic carbocycles. The summed E-state index contributed by atoms with van der Waals surface area (Å²) >= 11 is 3.46. The van der Waals surface area contributed by atoms with Crippen LogP contribution in [0.1, 0.15) is 17.5 Å². The minimum atomic E-state index is -0.167. The van der Waals surface area contributed by atoms with Crippen molar-refractivity contribution in [2.24, 2.45) is 11.7 Å². The highest BCUT2D eigenvalue weighted by molar-refractivity contribution is 9.10. The number of carbonyl (C=O) groups is 1. The molecule has 0 bridgehead atoms. The average molecular weight is 297 g/mol. The molecule has 1 aliphatic heterocycles. The van der Waals surface area contributed by atoms with E-state index < -0.39 is 0 Å². The van der Waals surface area contributed by atoms with E-state index in [0.717, 1.165) is 30.5 Å². The van der Waals surface area contributed by atoms with Crippen molar-refractivity contribution >= 4 is 21.8 Å². The van der Waals surface area contributed by atoms with Gasteiger partial charge in [-0.3, -0.25) is 9.69 Å². The fourth-order valence-electron chi connectivity index (χ4n) is 2.29. The Hall–Kier alpha value is -0.870. The van der Waals surface area contributed by atoms with E-state index in [-0.39, 0.29) is 11.8 Å². The summed E-state index contributed by atoms with van der Waals surface area (Å²) in [5.41, 5.74) is 7.93. The van der Waals surface area contributed by atoms with Crippen LogP contribution in [0.15, 0.2) is 22.7 Å². The standard InChI is InChI=1S/C13H17BrN2O/c1-9-6-12(14)3-2-10(9)7-16-5-4-11(8-16)13(15)17/h2-3,6,11H,4-5,7-8H2,1H3,(H2,15,17). The van der Waals surface area contributed by atoms with Crippen LogP contribution in [0.5, 0.6) is 0 Å². The number of benzene rings is 1. The molecule has 3 nitrogen and oxygen atoms in total. The van der Waals surface area contributed by atoms with E-state index >= 15 is 0 Å². The third-order valence-electron chi connectivity index (χ3n) is 3.37. The molecule has 92 valence electrons. The minimum Gasteiger partial charge on any atom is -0.369 e. The Labute approximate surface area is 110 Å². The van der Waals surface area contributed by atoms with Crippen molar-refractivity contribution < 1.29 is 4.79 Å². The Morgan fingerprint density at radius 3 is 2.94 bits per heavy atom. The number of nitrogens with two attached hydrogens (primary N) is 1. The van der Waals surface area contributed by atoms with Crippen LogP contribution in [0.3, 0.4) is 0 Å². The monoisotopic (exact) mass is 296 g/mol. The second-order valence-electron chi connectivity index (χ2n) is 4.69. The van der Waals surface area contributed by atoms with Gasteiger partial charge in [0.25, 0.3) is 0 Å². The van der Waals surface area contributed by atoms with Gasteiger partial charge in [-0.15, -0.1) is 0 Å². The summed E-state index contributed by atoms with van der Waals surface area (Å²) in [4.78, 5) is 13.4. The highest BCUT2D eigenvalue weighted by Crippen LogP contribution is 2.21. The van der Waals surface area contributed by atoms with Crippen molar-refractivity contribution in [2.75, 3.05) is 13.1 Å². The van der Waals surface area contributed by atoms with Crippen LogP contribution < -0.4 is 5.73 Å². The number of nitrogens with zero attached hydrogens (tertiary/aromatic N) is 1. The fourth-order valence-corrected chi connectivity index (χ4v) is 2.76. The van der Waals surface area contributed by atoms with Gasteiger partial charge in [0.15, 0.2) is 0 Å². The van der Waals surface area contributed by atoms with Gasteiger partial charge in [0, 0.05) is 17.6 Å². The molecule has 1 aliphatic rings. The number of rotatable bonds is 3. The summed E-state index contributed by atoms with van der Waals surface area (Å²) in [6, 6.07) is 6.32. The van der Waals surface area contributed by atoms with Crippen molar-refractivity contribution in [2.45, 2.75) is 19.9 Å². The Kier molecular flexibility index (Phi) is 3.84. The van der Waals surface area contributed by atoms with Gasteiger partial charge in [-0.1, -0.05) is 22.0 Å². The van der Waals surface area contributed by atoms with Crippen LogP contribution in [0.25, 0.3) is 0 Å². The molecular weight excluding hydrogens is 280 g/mol. The zero-order valence-corrected chi connectivity index (χ0v) is 11.5. The van der Waals surface area contributed by atoms with E-state index in [2.05, 4.69) is 46.0 Å². The molecule has 1 amide bonds. The zero-order valence-electron chi connectivity index (χ0n) is 9.95. The number of amides is 1. The summed E-state index contributed by atoms with van der Waals surface area (Å²) < 4.78 is 1.11. The minimum absolute atomic E-state index is 0.0331. The van der Waals surface area contributed by atoms with Gasteiger partial charge < -0.3 is 5.73 Å². The molecule has 1 heterocycles. The van der Waals surface area contributed by atoms with E-state index in [1.54, 1.807) is 0 Å². The number of likely N-dealkylation sites (tertiary alicyclic amines) is 1. The predicted molar refractivity (Wildman–Crippen MR) is 71.5 cm³/mol. The number of halogens is 1. The predicted octanol–water partition coefficient (Wildman–Crippen LogP) is 2.06. The van der Waals surface area contributed by atoms with Crippen LogP contribution in [0, 0.1) is 12.8 Å². The number of hydrogen-bond acceptors (Lipinski definition) is 2. The Balaban J connectivity index is 2.00. The van der Waals surface area contributed by atoms with Gasteiger partial charge in [-0.05, 0) is 43.1 Å². The van der Waals surface area contributed by atoms with Gasteiger partial charge in [-0.2, -0.15) is 0 Å². The molecule has 1 fully saturated rings. The zero-order chi connectivity index (χ0) is 12.4. The fraction of sp³-hybridized carbons (Fsp3) is 0.462. The van der Waals surface area contributed by atoms with E-state index in [9.17, 15) is 4.79 Å². The Bertz CT molecular complexity index is 433. The molecule has 0 aromatic heterocycles. The van der Waals surface area contributed by atoms with Crippen molar-refractivity contribution in [1.82, 2.24) is 4.90 Å². The number of carbonyl (C=O) groups excluding carboxylic acids is 1. The van der Waals surface area contributed by atoms with Crippen LogP contribution in [-0.4, -0.2) is 23.9 Å². The lowest BCUT2D eigenvalue weighted by Gasteiger charge is -2.17. The molecule has 0 radical (unpaired) electrons. The van der Waals surface area contributed by atoms with Gasteiger partial charge >= 0.3 is 0 Å². The highest BCUT2D eigenvalue weighted by Gasteiger charge is 2.26. The summed E-state index contributed by atoms with van der Waals surface area (Å²) in [5.74, 6) is -0.134. The summed E-state index contributed by atoms with van der Waals surface area (Å²) in [5, 5.41) is 0. The summed E-state index contributed by atoms with van der Waals surface area (Å²) in [7, 11) is 0. The first-order valence-corrected chi connectivity index (χ1v) is 6.62. The Morgan fingerprint density at radius 2 is 2.35 bits per heavy atom. The SMILES string of the molecule is Cc1cc(Br)ccc1CN1CCC(C(N)=O)C1. The molecule has 2 rings (SSSR count). The van der Waals surface area contributed by atoms with E-state index in [1.165, 1.54) is 11.1 Å². The maximum absolute atomic E-state index is 11.1. The molecule has 0 saturated carbocycles. The molecule has 0 spiro atoms. The van der Waals surface area contributed by atoms with E-state index in [0.29, 0.717) is 0 Å². The molecule has 1 aromatic rings. The number of primary amides is 1. The smallest absolute Gasteiger partial charge is 0.221 e. The van der Waals surface area contributed by atoms with Gasteiger partial charge in [-0.25, -0.2) is 0 Å². The lowest BCUT2D eigenvalue weighted by Crippen LogP contribution is -2.27. The first kappa shape index (κ1) is 12.6. The maximum Gasteiger partial charge on any atom is 0.221 e. The molecule has 1 saturated heterocycles. The van der Waals surface area contributed by atoms with E-state index in [4.69, 9.17) is 5.73 Å². The maximum atomic E-state index is 11.1.